The van der Waals surface area contributed by atoms with Gasteiger partial charge in [-0.15, -0.1) is 11.3 Å². The molecule has 4 aliphatic carbocycles. The molecule has 27 nitrogen and oxygen atoms in total. The van der Waals surface area contributed by atoms with Gasteiger partial charge in [0.15, 0.2) is 0 Å². The van der Waals surface area contributed by atoms with E-state index in [-0.39, 0.29) is 41.3 Å². The second-order valence-electron chi connectivity index (χ2n) is 37.1. The van der Waals surface area contributed by atoms with Crippen LogP contribution >= 0.6 is 11.3 Å². The Morgan fingerprint density at radius 3 is 1.20 bits per heavy atom. The summed E-state index contributed by atoms with van der Waals surface area (Å²) >= 11 is 1.55. The van der Waals surface area contributed by atoms with Crippen LogP contribution in [0.15, 0.2) is 297 Å². The first-order valence-corrected chi connectivity index (χ1v) is 49.4. The Kier molecular flexibility index (Phi) is 32.3. The summed E-state index contributed by atoms with van der Waals surface area (Å²) in [7, 11) is 0. The number of carbonyl (C=O) groups is 4. The highest BCUT2D eigenvalue weighted by molar-refractivity contribution is 7.09. The molecule has 16 aromatic rings. The van der Waals surface area contributed by atoms with Crippen LogP contribution in [0.5, 0.6) is 0 Å². The summed E-state index contributed by atoms with van der Waals surface area (Å²) in [6, 6.07) is 86.7. The maximum absolute atomic E-state index is 14.9. The molecule has 6 heterocycles. The molecule has 0 bridgehead atoms. The van der Waals surface area contributed by atoms with Crippen molar-refractivity contribution >= 4 is 57.7 Å². The van der Waals surface area contributed by atoms with Crippen molar-refractivity contribution in [2.75, 3.05) is 47.4 Å². The minimum absolute atomic E-state index is 0.0640. The van der Waals surface area contributed by atoms with Gasteiger partial charge in [-0.3, -0.25) is 24.2 Å². The minimum atomic E-state index is -1.23. The summed E-state index contributed by atoms with van der Waals surface area (Å²) in [5.41, 5.74) is 42.3. The van der Waals surface area contributed by atoms with E-state index in [1.807, 2.05) is 215 Å². The SMILES string of the molecule is Cc1cc(C(=O)Nc2cc(C(NCC3CC3)c3ccccn3)ccc2F)n(-c2cccc(CN)c2)n1.Cc1cc(C(=O)Nc2cc(C(NCC3CC3)c3nccs3)ccc2F)n(-c2cccc(CN)c2)n1.Cc1cc(C(=O)Nc2cccc(C(O)(CNC3CC3)c3ccccc3)c2)n(-c2cccc(CN)c2)n1.Cc1cccc(C(NCC2CC2)c2cccc(NC(=O)c3cc(C)nn3-c3cccc(CN)c3)c2)c1. The van der Waals surface area contributed by atoms with Crippen molar-refractivity contribution in [3.05, 3.63) is 426 Å². The first-order chi connectivity index (χ1) is 69.5. The van der Waals surface area contributed by atoms with Crippen LogP contribution in [0.3, 0.4) is 0 Å². The minimum Gasteiger partial charge on any atom is -0.379 e. The topological polar surface area (TPSA) is 386 Å². The summed E-state index contributed by atoms with van der Waals surface area (Å²) in [5, 5.41) is 58.7. The van der Waals surface area contributed by atoms with Gasteiger partial charge in [0.2, 0.25) is 0 Å². The molecule has 4 fully saturated rings. The molecule has 6 aromatic heterocycles. The van der Waals surface area contributed by atoms with E-state index >= 15 is 0 Å². The third-order valence-electron chi connectivity index (χ3n) is 25.5. The van der Waals surface area contributed by atoms with Gasteiger partial charge in [0, 0.05) is 67.9 Å². The Bertz CT molecular complexity index is 7110. The van der Waals surface area contributed by atoms with Gasteiger partial charge >= 0.3 is 0 Å². The van der Waals surface area contributed by atoms with E-state index in [1.165, 1.54) is 61.8 Å². The molecule has 4 amide bonds. The molecule has 4 saturated carbocycles. The number of rotatable bonds is 36. The highest BCUT2D eigenvalue weighted by Crippen LogP contribution is 2.38. The molecule has 10 aromatic carbocycles. The number of hydrogen-bond donors (Lipinski definition) is 13. The maximum Gasteiger partial charge on any atom is 0.274 e. The second kappa shape index (κ2) is 46.3. The molecular weight excluding hydrogens is 1820 g/mol. The monoisotopic (exact) mass is 1930 g/mol. The van der Waals surface area contributed by atoms with Crippen LogP contribution in [0.1, 0.15) is 206 Å². The van der Waals surface area contributed by atoms with Gasteiger partial charge in [-0.2, -0.15) is 20.4 Å². The normalized spacial score (nSPS) is 14.2. The lowest BCUT2D eigenvalue weighted by molar-refractivity contribution is 0.0795. The molecule has 4 unspecified atom stereocenters. The Labute approximate surface area is 834 Å². The predicted octanol–water partition coefficient (Wildman–Crippen LogP) is 18.3. The van der Waals surface area contributed by atoms with Crippen molar-refractivity contribution in [3.63, 3.8) is 0 Å². The van der Waals surface area contributed by atoms with Gasteiger partial charge in [-0.25, -0.2) is 32.5 Å². The van der Waals surface area contributed by atoms with Gasteiger partial charge in [-0.05, 0) is 312 Å². The number of nitrogens with zero attached hydrogens (tertiary/aromatic N) is 10. The molecule has 30 heteroatoms. The highest BCUT2D eigenvalue weighted by atomic mass is 32.1. The van der Waals surface area contributed by atoms with E-state index in [0.717, 1.165) is 122 Å². The molecule has 20 rings (SSSR count). The number of nitrogens with one attached hydrogen (secondary N) is 8. The van der Waals surface area contributed by atoms with Gasteiger partial charge in [0.1, 0.15) is 45.0 Å². The van der Waals surface area contributed by atoms with Crippen LogP contribution in [0.25, 0.3) is 22.7 Å². The summed E-state index contributed by atoms with van der Waals surface area (Å²) in [6.45, 7) is 14.2. The average Bonchev–Trinajstić information content (AvgIpc) is 1.07. The molecule has 0 aliphatic heterocycles. The van der Waals surface area contributed by atoms with E-state index in [1.54, 1.807) is 91.0 Å². The number of benzene rings is 10. The smallest absolute Gasteiger partial charge is 0.274 e. The lowest BCUT2D eigenvalue weighted by Crippen LogP contribution is -2.40. The van der Waals surface area contributed by atoms with E-state index in [0.29, 0.717) is 107 Å². The van der Waals surface area contributed by atoms with Gasteiger partial charge in [0.25, 0.3) is 23.6 Å². The predicted molar refractivity (Wildman–Crippen MR) is 558 cm³/mol. The molecule has 0 radical (unpaired) electrons. The van der Waals surface area contributed by atoms with E-state index in [2.05, 4.69) is 116 Å². The van der Waals surface area contributed by atoms with Crippen molar-refractivity contribution in [3.8, 4) is 22.7 Å². The number of aromatic nitrogens is 10. The van der Waals surface area contributed by atoms with E-state index in [4.69, 9.17) is 22.9 Å². The number of aliphatic hydroxyl groups is 1. The lowest BCUT2D eigenvalue weighted by atomic mass is 9.86. The molecule has 17 N–H and O–H groups in total. The second-order valence-corrected chi connectivity index (χ2v) is 38.0. The van der Waals surface area contributed by atoms with Crippen molar-refractivity contribution in [1.29, 1.82) is 0 Å². The summed E-state index contributed by atoms with van der Waals surface area (Å²) in [6.07, 6.45) is 13.2. The van der Waals surface area contributed by atoms with Crippen molar-refractivity contribution in [2.24, 2.45) is 40.7 Å². The fraction of sp³-hybridized carbons (Fsp3) is 0.257. The van der Waals surface area contributed by atoms with Crippen LogP contribution in [-0.4, -0.2) is 110 Å². The van der Waals surface area contributed by atoms with E-state index < -0.39 is 29.0 Å². The van der Waals surface area contributed by atoms with Crippen LogP contribution in [-0.2, 0) is 31.8 Å². The van der Waals surface area contributed by atoms with Gasteiger partial charge in [0.05, 0.1) is 80.7 Å². The van der Waals surface area contributed by atoms with Gasteiger partial charge in [-0.1, -0.05) is 151 Å². The maximum atomic E-state index is 14.9. The zero-order valence-corrected chi connectivity index (χ0v) is 81.5. The molecule has 4 aliphatic rings. The Balaban J connectivity index is 0.000000131. The molecule has 732 valence electrons. The molecule has 143 heavy (non-hydrogen) atoms. The Morgan fingerprint density at radius 2 is 0.776 bits per heavy atom. The Hall–Kier alpha value is -14.8. The average molecular weight is 1940 g/mol. The third kappa shape index (κ3) is 25.9. The van der Waals surface area contributed by atoms with Crippen molar-refractivity contribution < 1.29 is 33.1 Å². The number of thiazole rings is 1. The number of halogens is 2. The zero-order chi connectivity index (χ0) is 99.6. The molecular formula is C113H120F2N22O5S. The number of anilines is 4. The van der Waals surface area contributed by atoms with Crippen LogP contribution in [0.4, 0.5) is 31.5 Å². The zero-order valence-electron chi connectivity index (χ0n) is 80.7. The number of aryl methyl sites for hydroxylation is 5. The standard InChI is InChI=1S/C30H33N5O.C29H31N5O2.C28H29FN6O.C26H27FN6OS/c1-20-6-3-8-24(14-20)29(32-19-22-12-13-22)25-9-5-10-26(17-25)33-30(36)28-15-21(2)34-35(28)27-11-4-7-23(16-27)18-31;1-20-15-27(34(33-20)26-12-5-7-21(16-26)18-30)28(35)32-25-11-6-10-23(17-25)29(36,19-31-24-13-14-24)22-8-3-2-4-9-22;1-18-13-26(35(34-18)22-6-4-5-20(14-22)16-30)28(36)33-25-15-21(10-11-23(25)29)27(32-17-19-8-9-19)24-7-2-3-12-31-24;1-16-11-23(33(32-16)20-4-2-3-18(12-20)14-28)25(34)31-22-13-19(7-8-21(22)27)24(26-29-9-10-35-26)30-15-17-5-6-17/h3-11,14-17,22,29,32H,12-13,18-19,31H2,1-2H3,(H,33,36);2-12,15-17,24,31,36H,13-14,18-19,30H2,1H3,(H,32,35);2-7,10-15,19,27,32H,8-9,16-17,30H2,1H3,(H,33,36);2-4,7-13,17,24,30H,5-6,14-15,28H2,1H3,(H,31,34). The molecule has 0 spiro atoms. The Morgan fingerprint density at radius 1 is 0.385 bits per heavy atom. The fourth-order valence-electron chi connectivity index (χ4n) is 17.2. The lowest BCUT2D eigenvalue weighted by Gasteiger charge is -2.30. The highest BCUT2D eigenvalue weighted by Gasteiger charge is 2.36. The van der Waals surface area contributed by atoms with Crippen molar-refractivity contribution in [2.45, 2.75) is 142 Å². The first-order valence-electron chi connectivity index (χ1n) is 48.6. The van der Waals surface area contributed by atoms with Crippen LogP contribution < -0.4 is 65.5 Å². The third-order valence-corrected chi connectivity index (χ3v) is 26.3. The number of amides is 4. The first kappa shape index (κ1) is 99.8. The van der Waals surface area contributed by atoms with Crippen molar-refractivity contribution in [1.82, 2.24) is 70.4 Å². The summed E-state index contributed by atoms with van der Waals surface area (Å²) in [4.78, 5) is 62.3. The van der Waals surface area contributed by atoms with E-state index in [9.17, 15) is 33.1 Å². The molecule has 4 atom stereocenters. The van der Waals surface area contributed by atoms with Crippen LogP contribution in [0, 0.1) is 64.0 Å². The molecule has 0 saturated heterocycles. The largest absolute Gasteiger partial charge is 0.379 e. The quantitative estimate of drug-likeness (QED) is 0.0173. The van der Waals surface area contributed by atoms with Crippen LogP contribution in [0.2, 0.25) is 0 Å². The number of carbonyl (C=O) groups excluding carboxylic acids is 4. The fourth-order valence-corrected chi connectivity index (χ4v) is 17.9. The number of hydrogen-bond acceptors (Lipinski definition) is 20. The van der Waals surface area contributed by atoms with Gasteiger partial charge < -0.3 is 70.6 Å². The summed E-state index contributed by atoms with van der Waals surface area (Å²) in [5.74, 6) is -0.301. The number of pyridine rings is 1. The summed E-state index contributed by atoms with van der Waals surface area (Å²) < 4.78 is 36.1. The number of nitrogens with two attached hydrogens (primary N) is 4.